The number of hydrogen-bond donors (Lipinski definition) is 0. The normalized spacial score (nSPS) is 20.9. The molecule has 0 N–H and O–H groups in total. The lowest BCUT2D eigenvalue weighted by Crippen LogP contribution is -2.19. The Morgan fingerprint density at radius 1 is 1.38 bits per heavy atom. The number of aromatic nitrogens is 2. The lowest BCUT2D eigenvalue weighted by molar-refractivity contribution is -0.122. The van der Waals surface area contributed by atoms with Gasteiger partial charge in [-0.1, -0.05) is 6.42 Å². The van der Waals surface area contributed by atoms with Gasteiger partial charge in [-0.05, 0) is 19.8 Å². The fourth-order valence-corrected chi connectivity index (χ4v) is 2.08. The predicted octanol–water partition coefficient (Wildman–Crippen LogP) is 2.02. The van der Waals surface area contributed by atoms with Crippen molar-refractivity contribution >= 4 is 5.78 Å². The molecule has 1 saturated carbocycles. The highest BCUT2D eigenvalue weighted by Crippen LogP contribution is 2.28. The highest BCUT2D eigenvalue weighted by molar-refractivity contribution is 5.85. The summed E-state index contributed by atoms with van der Waals surface area (Å²) in [6.45, 7) is 1.89. The smallest absolute Gasteiger partial charge is 0.216 e. The maximum Gasteiger partial charge on any atom is 0.216 e. The van der Waals surface area contributed by atoms with E-state index in [4.69, 9.17) is 4.74 Å². The van der Waals surface area contributed by atoms with Crippen LogP contribution in [0.3, 0.4) is 0 Å². The van der Waals surface area contributed by atoms with Crippen molar-refractivity contribution in [3.8, 4) is 5.88 Å². The van der Waals surface area contributed by atoms with Gasteiger partial charge in [-0.15, -0.1) is 0 Å². The van der Waals surface area contributed by atoms with Gasteiger partial charge in [-0.3, -0.25) is 4.79 Å². The van der Waals surface area contributed by atoms with Crippen LogP contribution < -0.4 is 4.74 Å². The Morgan fingerprint density at radius 3 is 2.88 bits per heavy atom. The van der Waals surface area contributed by atoms with E-state index in [9.17, 15) is 4.79 Å². The summed E-state index contributed by atoms with van der Waals surface area (Å²) in [7, 11) is 1.58. The lowest BCUT2D eigenvalue weighted by Gasteiger charge is -2.19. The Bertz CT molecular complexity index is 404. The molecule has 0 saturated heterocycles. The molecule has 0 amide bonds. The molecule has 4 heteroatoms. The maximum atomic E-state index is 11.8. The molecule has 86 valence electrons. The van der Waals surface area contributed by atoms with E-state index in [0.29, 0.717) is 18.1 Å². The Balaban J connectivity index is 2.31. The third-order valence-corrected chi connectivity index (χ3v) is 2.92. The molecular weight excluding hydrogens is 204 g/mol. The van der Waals surface area contributed by atoms with E-state index < -0.39 is 0 Å². The Hall–Kier alpha value is -1.45. The van der Waals surface area contributed by atoms with Gasteiger partial charge in [0.15, 0.2) is 0 Å². The molecule has 0 aromatic carbocycles. The summed E-state index contributed by atoms with van der Waals surface area (Å²) in [6, 6.07) is 1.77. The van der Waals surface area contributed by atoms with Crippen LogP contribution in [-0.4, -0.2) is 22.9 Å². The van der Waals surface area contributed by atoms with Gasteiger partial charge in [0, 0.05) is 18.2 Å². The second-order valence-corrected chi connectivity index (χ2v) is 4.17. The fraction of sp³-hybridized carbons (Fsp3) is 0.583. The molecule has 2 rings (SSSR count). The summed E-state index contributed by atoms with van der Waals surface area (Å²) in [5.74, 6) is 1.31. The van der Waals surface area contributed by atoms with Crippen LogP contribution in [0.4, 0.5) is 0 Å². The van der Waals surface area contributed by atoms with E-state index >= 15 is 0 Å². The quantitative estimate of drug-likeness (QED) is 0.765. The van der Waals surface area contributed by atoms with E-state index in [1.54, 1.807) is 13.2 Å². The van der Waals surface area contributed by atoms with Crippen molar-refractivity contribution in [1.29, 1.82) is 0 Å². The number of carbonyl (C=O) groups excluding carboxylic acids is 1. The minimum Gasteiger partial charge on any atom is -0.481 e. The molecule has 0 radical (unpaired) electrons. The zero-order valence-electron chi connectivity index (χ0n) is 9.69. The van der Waals surface area contributed by atoms with Gasteiger partial charge in [-0.2, -0.15) is 4.98 Å². The van der Waals surface area contributed by atoms with Crippen LogP contribution in [0.25, 0.3) is 0 Å². The average Bonchev–Trinajstić information content (AvgIpc) is 2.28. The molecule has 1 aromatic heterocycles. The third-order valence-electron chi connectivity index (χ3n) is 2.92. The van der Waals surface area contributed by atoms with Crippen molar-refractivity contribution in [3.63, 3.8) is 0 Å². The Morgan fingerprint density at radius 2 is 2.19 bits per heavy atom. The first-order valence-electron chi connectivity index (χ1n) is 5.63. The minimum absolute atomic E-state index is 0.123. The summed E-state index contributed by atoms with van der Waals surface area (Å²) in [5.41, 5.74) is 0.847. The topological polar surface area (TPSA) is 52.1 Å². The van der Waals surface area contributed by atoms with Crippen molar-refractivity contribution in [2.24, 2.45) is 0 Å². The second-order valence-electron chi connectivity index (χ2n) is 4.17. The fourth-order valence-electron chi connectivity index (χ4n) is 2.08. The summed E-state index contributed by atoms with van der Waals surface area (Å²) >= 11 is 0. The molecule has 1 aliphatic carbocycles. The summed E-state index contributed by atoms with van der Waals surface area (Å²) < 4.78 is 5.10. The van der Waals surface area contributed by atoms with E-state index in [-0.39, 0.29) is 11.7 Å². The van der Waals surface area contributed by atoms with Gasteiger partial charge in [0.2, 0.25) is 5.88 Å². The van der Waals surface area contributed by atoms with Crippen molar-refractivity contribution in [1.82, 2.24) is 9.97 Å². The molecule has 1 atom stereocenters. The number of hydrogen-bond acceptors (Lipinski definition) is 4. The van der Waals surface area contributed by atoms with Gasteiger partial charge in [-0.25, -0.2) is 4.98 Å². The molecule has 1 aliphatic rings. The highest BCUT2D eigenvalue weighted by Gasteiger charge is 2.26. The standard InChI is InChI=1S/C12H16N2O2/c1-8-7-11(16-2)14-12(13-8)9-5-3-4-6-10(9)15/h7,9H,3-6H2,1-2H3. The van der Waals surface area contributed by atoms with Crippen molar-refractivity contribution in [2.75, 3.05) is 7.11 Å². The van der Waals surface area contributed by atoms with Crippen LogP contribution in [0.2, 0.25) is 0 Å². The van der Waals surface area contributed by atoms with Crippen LogP contribution in [0, 0.1) is 6.92 Å². The number of Topliss-reactive ketones (excluding diaryl/α,β-unsaturated/α-hetero) is 1. The third kappa shape index (κ3) is 2.21. The first kappa shape index (κ1) is 11.0. The van der Waals surface area contributed by atoms with Gasteiger partial charge in [0.05, 0.1) is 13.0 Å². The second kappa shape index (κ2) is 4.60. The zero-order chi connectivity index (χ0) is 11.5. The molecule has 16 heavy (non-hydrogen) atoms. The largest absolute Gasteiger partial charge is 0.481 e. The van der Waals surface area contributed by atoms with E-state index in [2.05, 4.69) is 9.97 Å². The number of nitrogens with zero attached hydrogens (tertiary/aromatic N) is 2. The zero-order valence-corrected chi connectivity index (χ0v) is 9.69. The van der Waals surface area contributed by atoms with Crippen molar-refractivity contribution < 1.29 is 9.53 Å². The molecule has 1 unspecified atom stereocenters. The van der Waals surface area contributed by atoms with E-state index in [1.165, 1.54) is 0 Å². The number of methoxy groups -OCH3 is 1. The first-order valence-corrected chi connectivity index (χ1v) is 5.63. The molecule has 0 spiro atoms. The van der Waals surface area contributed by atoms with E-state index in [1.807, 2.05) is 6.92 Å². The number of aryl methyl sites for hydroxylation is 1. The van der Waals surface area contributed by atoms with Crippen LogP contribution >= 0.6 is 0 Å². The van der Waals surface area contributed by atoms with Crippen LogP contribution in [-0.2, 0) is 4.79 Å². The average molecular weight is 220 g/mol. The van der Waals surface area contributed by atoms with Gasteiger partial charge in [0.25, 0.3) is 0 Å². The summed E-state index contributed by atoms with van der Waals surface area (Å²) in [4.78, 5) is 20.4. The van der Waals surface area contributed by atoms with Crippen LogP contribution in [0.1, 0.15) is 43.1 Å². The highest BCUT2D eigenvalue weighted by atomic mass is 16.5. The Labute approximate surface area is 95.1 Å². The predicted molar refractivity (Wildman–Crippen MR) is 59.5 cm³/mol. The molecule has 1 aromatic rings. The van der Waals surface area contributed by atoms with Crippen LogP contribution in [0.5, 0.6) is 5.88 Å². The molecule has 0 aliphatic heterocycles. The maximum absolute atomic E-state index is 11.8. The summed E-state index contributed by atoms with van der Waals surface area (Å²) in [5, 5.41) is 0. The van der Waals surface area contributed by atoms with Crippen molar-refractivity contribution in [2.45, 2.75) is 38.5 Å². The monoisotopic (exact) mass is 220 g/mol. The molecule has 1 fully saturated rings. The van der Waals surface area contributed by atoms with Gasteiger partial charge >= 0.3 is 0 Å². The van der Waals surface area contributed by atoms with Crippen LogP contribution in [0.15, 0.2) is 6.07 Å². The van der Waals surface area contributed by atoms with Gasteiger partial charge in [0.1, 0.15) is 11.6 Å². The Kier molecular flexibility index (Phi) is 3.17. The molecule has 1 heterocycles. The minimum atomic E-state index is -0.123. The summed E-state index contributed by atoms with van der Waals surface area (Å²) in [6.07, 6.45) is 3.60. The molecular formula is C12H16N2O2. The SMILES string of the molecule is COc1cc(C)nc(C2CCCCC2=O)n1. The van der Waals surface area contributed by atoms with Gasteiger partial charge < -0.3 is 4.74 Å². The number of carbonyl (C=O) groups is 1. The lowest BCUT2D eigenvalue weighted by atomic mass is 9.87. The molecule has 4 nitrogen and oxygen atoms in total. The van der Waals surface area contributed by atoms with E-state index in [0.717, 1.165) is 25.0 Å². The van der Waals surface area contributed by atoms with Crippen molar-refractivity contribution in [3.05, 3.63) is 17.6 Å². The first-order chi connectivity index (χ1) is 7.70. The number of ketones is 1. The molecule has 0 bridgehead atoms. The number of ether oxygens (including phenoxy) is 1. The number of rotatable bonds is 2.